The Morgan fingerprint density at radius 1 is 1.31 bits per heavy atom. The van der Waals surface area contributed by atoms with Crippen molar-refractivity contribution < 1.29 is 22.7 Å². The monoisotopic (exact) mass is 232 g/mol. The van der Waals surface area contributed by atoms with Crippen LogP contribution in [0.25, 0.3) is 0 Å². The summed E-state index contributed by atoms with van der Waals surface area (Å²) in [4.78, 5) is 11.3. The molecule has 0 aliphatic rings. The Morgan fingerprint density at radius 3 is 2.38 bits per heavy atom. The quantitative estimate of drug-likeness (QED) is 0.749. The smallest absolute Gasteiger partial charge is 0.422 e. The average Bonchev–Trinajstić information content (AvgIpc) is 2.25. The van der Waals surface area contributed by atoms with Crippen LogP contribution in [0.15, 0.2) is 30.3 Å². The van der Waals surface area contributed by atoms with E-state index in [1.807, 2.05) is 0 Å². The van der Waals surface area contributed by atoms with Crippen molar-refractivity contribution in [3.63, 3.8) is 0 Å². The highest BCUT2D eigenvalue weighted by Gasteiger charge is 2.30. The summed E-state index contributed by atoms with van der Waals surface area (Å²) in [6.07, 6.45) is -4.48. The molecule has 88 valence electrons. The van der Waals surface area contributed by atoms with Crippen molar-refractivity contribution in [1.82, 2.24) is 0 Å². The zero-order chi connectivity index (χ0) is 12.2. The fourth-order valence-electron chi connectivity index (χ4n) is 1.16. The van der Waals surface area contributed by atoms with Crippen LogP contribution < -0.4 is 0 Å². The number of carbonyl (C=O) groups is 1. The number of esters is 1. The summed E-state index contributed by atoms with van der Waals surface area (Å²) in [5, 5.41) is 0. The highest BCUT2D eigenvalue weighted by molar-refractivity contribution is 5.77. The van der Waals surface area contributed by atoms with E-state index in [0.29, 0.717) is 5.56 Å². The minimum absolute atomic E-state index is 0.634. The van der Waals surface area contributed by atoms with E-state index >= 15 is 0 Å². The molecule has 0 aromatic heterocycles. The summed E-state index contributed by atoms with van der Waals surface area (Å²) in [5.74, 6) is -1.56. The third-order valence-corrected chi connectivity index (χ3v) is 2.03. The van der Waals surface area contributed by atoms with Crippen LogP contribution in [-0.4, -0.2) is 18.8 Å². The molecule has 1 unspecified atom stereocenters. The normalized spacial score (nSPS) is 13.2. The van der Waals surface area contributed by atoms with Crippen LogP contribution in [0.5, 0.6) is 0 Å². The van der Waals surface area contributed by atoms with E-state index in [1.165, 1.54) is 6.92 Å². The number of carbonyl (C=O) groups excluding carboxylic acids is 1. The molecule has 0 amide bonds. The zero-order valence-corrected chi connectivity index (χ0v) is 8.62. The minimum atomic E-state index is -4.48. The Labute approximate surface area is 91.0 Å². The minimum Gasteiger partial charge on any atom is -0.456 e. The van der Waals surface area contributed by atoms with Crippen LogP contribution in [0.4, 0.5) is 13.2 Å². The lowest BCUT2D eigenvalue weighted by molar-refractivity contribution is -0.187. The van der Waals surface area contributed by atoms with Crippen LogP contribution in [0.1, 0.15) is 18.4 Å². The Morgan fingerprint density at radius 2 is 1.88 bits per heavy atom. The molecule has 0 N–H and O–H groups in total. The first-order valence-electron chi connectivity index (χ1n) is 4.68. The van der Waals surface area contributed by atoms with Gasteiger partial charge in [0, 0.05) is 0 Å². The van der Waals surface area contributed by atoms with Gasteiger partial charge in [-0.25, -0.2) is 0 Å². The van der Waals surface area contributed by atoms with Gasteiger partial charge in [-0.1, -0.05) is 30.3 Å². The second-order valence-corrected chi connectivity index (χ2v) is 3.36. The largest absolute Gasteiger partial charge is 0.456 e. The molecule has 0 aliphatic carbocycles. The highest BCUT2D eigenvalue weighted by Crippen LogP contribution is 2.19. The molecule has 0 aliphatic heterocycles. The van der Waals surface area contributed by atoms with Crippen LogP contribution >= 0.6 is 0 Å². The van der Waals surface area contributed by atoms with Crippen LogP contribution in [0.3, 0.4) is 0 Å². The topological polar surface area (TPSA) is 26.3 Å². The first-order chi connectivity index (χ1) is 7.40. The molecule has 2 nitrogen and oxygen atoms in total. The number of benzene rings is 1. The Kier molecular flexibility index (Phi) is 3.93. The number of alkyl halides is 3. The third-order valence-electron chi connectivity index (χ3n) is 2.03. The lowest BCUT2D eigenvalue weighted by Crippen LogP contribution is -2.23. The standard InChI is InChI=1S/C11H11F3O2/c1-8(9-5-3-2-4-6-9)10(15)16-7-11(12,13)14/h2-6,8H,7H2,1H3. The molecule has 1 rings (SSSR count). The number of halogens is 3. The molecular weight excluding hydrogens is 221 g/mol. The van der Waals surface area contributed by atoms with Crippen LogP contribution in [-0.2, 0) is 9.53 Å². The predicted octanol–water partition coefficient (Wildman–Crippen LogP) is 2.90. The maximum absolute atomic E-state index is 11.8. The number of hydrogen-bond donors (Lipinski definition) is 0. The predicted molar refractivity (Wildman–Crippen MR) is 51.9 cm³/mol. The summed E-state index contributed by atoms with van der Waals surface area (Å²) in [7, 11) is 0. The van der Waals surface area contributed by atoms with Gasteiger partial charge in [0.1, 0.15) is 0 Å². The molecule has 0 heterocycles. The molecule has 1 aromatic rings. The van der Waals surface area contributed by atoms with Crippen LogP contribution in [0, 0.1) is 0 Å². The summed E-state index contributed by atoms with van der Waals surface area (Å²) in [5.41, 5.74) is 0.634. The van der Waals surface area contributed by atoms with Gasteiger partial charge in [-0.15, -0.1) is 0 Å². The molecule has 0 spiro atoms. The van der Waals surface area contributed by atoms with E-state index in [1.54, 1.807) is 30.3 Å². The summed E-state index contributed by atoms with van der Waals surface area (Å²) in [6, 6.07) is 8.52. The first-order valence-corrected chi connectivity index (χ1v) is 4.68. The Hall–Kier alpha value is -1.52. The fourth-order valence-corrected chi connectivity index (χ4v) is 1.16. The number of rotatable bonds is 3. The summed E-state index contributed by atoms with van der Waals surface area (Å²) in [6.45, 7) is -0.0307. The van der Waals surface area contributed by atoms with Gasteiger partial charge in [-0.3, -0.25) is 4.79 Å². The Balaban J connectivity index is 2.55. The lowest BCUT2D eigenvalue weighted by atomic mass is 10.0. The van der Waals surface area contributed by atoms with Gasteiger partial charge < -0.3 is 4.74 Å². The second kappa shape index (κ2) is 5.01. The Bertz CT molecular complexity index is 346. The SMILES string of the molecule is CC(C(=O)OCC(F)(F)F)c1ccccc1. The lowest BCUT2D eigenvalue weighted by Gasteiger charge is -2.12. The average molecular weight is 232 g/mol. The van der Waals surface area contributed by atoms with Gasteiger partial charge in [-0.05, 0) is 12.5 Å². The molecule has 0 radical (unpaired) electrons. The molecule has 1 aromatic carbocycles. The number of hydrogen-bond acceptors (Lipinski definition) is 2. The molecule has 0 bridgehead atoms. The van der Waals surface area contributed by atoms with Crippen molar-refractivity contribution in [2.24, 2.45) is 0 Å². The molecule has 0 saturated carbocycles. The van der Waals surface area contributed by atoms with Gasteiger partial charge in [0.15, 0.2) is 6.61 Å². The maximum atomic E-state index is 11.8. The highest BCUT2D eigenvalue weighted by atomic mass is 19.4. The van der Waals surface area contributed by atoms with E-state index in [4.69, 9.17) is 0 Å². The van der Waals surface area contributed by atoms with Gasteiger partial charge in [0.05, 0.1) is 5.92 Å². The van der Waals surface area contributed by atoms with E-state index in [0.717, 1.165) is 0 Å². The maximum Gasteiger partial charge on any atom is 0.422 e. The van der Waals surface area contributed by atoms with Crippen molar-refractivity contribution in [1.29, 1.82) is 0 Å². The number of ether oxygens (including phenoxy) is 1. The van der Waals surface area contributed by atoms with Crippen LogP contribution in [0.2, 0.25) is 0 Å². The summed E-state index contributed by atoms with van der Waals surface area (Å²) >= 11 is 0. The summed E-state index contributed by atoms with van der Waals surface area (Å²) < 4.78 is 39.6. The van der Waals surface area contributed by atoms with Gasteiger partial charge in [0.25, 0.3) is 0 Å². The van der Waals surface area contributed by atoms with Gasteiger partial charge in [0.2, 0.25) is 0 Å². The van der Waals surface area contributed by atoms with Crippen molar-refractivity contribution in [3.8, 4) is 0 Å². The molecule has 1 atom stereocenters. The van der Waals surface area contributed by atoms with E-state index in [-0.39, 0.29) is 0 Å². The molecule has 0 saturated heterocycles. The molecular formula is C11H11F3O2. The van der Waals surface area contributed by atoms with Crippen molar-refractivity contribution in [2.45, 2.75) is 19.0 Å². The zero-order valence-electron chi connectivity index (χ0n) is 8.62. The second-order valence-electron chi connectivity index (χ2n) is 3.36. The van der Waals surface area contributed by atoms with Crippen molar-refractivity contribution in [3.05, 3.63) is 35.9 Å². The molecule has 16 heavy (non-hydrogen) atoms. The van der Waals surface area contributed by atoms with Gasteiger partial charge >= 0.3 is 12.1 Å². The fraction of sp³-hybridized carbons (Fsp3) is 0.364. The molecule has 5 heteroatoms. The third kappa shape index (κ3) is 3.92. The van der Waals surface area contributed by atoms with Gasteiger partial charge in [-0.2, -0.15) is 13.2 Å². The van der Waals surface area contributed by atoms with E-state index < -0.39 is 24.7 Å². The molecule has 0 fully saturated rings. The van der Waals surface area contributed by atoms with Crippen molar-refractivity contribution >= 4 is 5.97 Å². The van der Waals surface area contributed by atoms with E-state index in [9.17, 15) is 18.0 Å². The first kappa shape index (κ1) is 12.5. The van der Waals surface area contributed by atoms with Crippen molar-refractivity contribution in [2.75, 3.05) is 6.61 Å². The van der Waals surface area contributed by atoms with E-state index in [2.05, 4.69) is 4.74 Å².